The number of halogens is 4. The van der Waals surface area contributed by atoms with E-state index in [-0.39, 0.29) is 5.56 Å². The van der Waals surface area contributed by atoms with Gasteiger partial charge in [-0.15, -0.1) is 11.3 Å². The summed E-state index contributed by atoms with van der Waals surface area (Å²) in [6.07, 6.45) is -3.28. The van der Waals surface area contributed by atoms with E-state index in [0.717, 1.165) is 28.0 Å². The molecule has 8 heteroatoms. The van der Waals surface area contributed by atoms with Crippen LogP contribution in [0.15, 0.2) is 63.5 Å². The molecule has 3 aromatic rings. The molecule has 0 aliphatic rings. The minimum absolute atomic E-state index is 0.00723. The molecule has 0 aliphatic carbocycles. The summed E-state index contributed by atoms with van der Waals surface area (Å²) in [4.78, 5) is 4.37. The molecule has 2 aromatic carbocycles. The minimum atomic E-state index is -4.42. The van der Waals surface area contributed by atoms with Gasteiger partial charge in [-0.1, -0.05) is 46.3 Å². The maximum absolute atomic E-state index is 12.9. The number of anilines is 1. The van der Waals surface area contributed by atoms with Crippen LogP contribution in [0.1, 0.15) is 11.1 Å². The van der Waals surface area contributed by atoms with Gasteiger partial charge in [0, 0.05) is 21.0 Å². The Labute approximate surface area is 154 Å². The zero-order valence-corrected chi connectivity index (χ0v) is 15.0. The summed E-state index contributed by atoms with van der Waals surface area (Å²) in [6, 6.07) is 12.9. The van der Waals surface area contributed by atoms with E-state index in [0.29, 0.717) is 5.13 Å². The van der Waals surface area contributed by atoms with Gasteiger partial charge in [-0.05, 0) is 18.2 Å². The van der Waals surface area contributed by atoms with Crippen molar-refractivity contribution in [3.8, 4) is 11.3 Å². The highest BCUT2D eigenvalue weighted by molar-refractivity contribution is 9.10. The molecule has 0 fully saturated rings. The molecule has 0 saturated heterocycles. The molecule has 3 nitrogen and oxygen atoms in total. The smallest absolute Gasteiger partial charge is 0.253 e. The van der Waals surface area contributed by atoms with Crippen molar-refractivity contribution in [2.75, 3.05) is 5.43 Å². The summed E-state index contributed by atoms with van der Waals surface area (Å²) < 4.78 is 39.7. The van der Waals surface area contributed by atoms with Crippen LogP contribution in [-0.2, 0) is 6.18 Å². The van der Waals surface area contributed by atoms with Crippen LogP contribution in [0, 0.1) is 0 Å². The van der Waals surface area contributed by atoms with Crippen molar-refractivity contribution in [1.82, 2.24) is 4.98 Å². The molecule has 0 aliphatic heterocycles. The highest BCUT2D eigenvalue weighted by atomic mass is 79.9. The van der Waals surface area contributed by atoms with Gasteiger partial charge in [0.15, 0.2) is 0 Å². The number of benzene rings is 2. The fourth-order valence-corrected chi connectivity index (χ4v) is 3.04. The molecule has 3 rings (SSSR count). The van der Waals surface area contributed by atoms with Gasteiger partial charge in [-0.25, -0.2) is 4.98 Å². The first-order valence-corrected chi connectivity index (χ1v) is 8.77. The molecular formula is C17H11BrF3N3S. The second-order valence-corrected chi connectivity index (χ2v) is 6.77. The first-order chi connectivity index (χ1) is 11.9. The van der Waals surface area contributed by atoms with Crippen LogP contribution in [0.5, 0.6) is 0 Å². The third-order valence-corrected chi connectivity index (χ3v) is 4.55. The van der Waals surface area contributed by atoms with Gasteiger partial charge in [0.2, 0.25) is 5.13 Å². The third-order valence-electron chi connectivity index (χ3n) is 3.27. The summed E-state index contributed by atoms with van der Waals surface area (Å²) in [5.41, 5.74) is 3.65. The van der Waals surface area contributed by atoms with Crippen LogP contribution in [0.3, 0.4) is 0 Å². The number of aromatic nitrogens is 1. The Balaban J connectivity index is 1.73. The average molecular weight is 426 g/mol. The number of thiazole rings is 1. The molecule has 1 N–H and O–H groups in total. The summed E-state index contributed by atoms with van der Waals surface area (Å²) >= 11 is 4.69. The van der Waals surface area contributed by atoms with Gasteiger partial charge in [0.05, 0.1) is 17.5 Å². The Bertz CT molecular complexity index is 889. The molecule has 128 valence electrons. The van der Waals surface area contributed by atoms with E-state index in [9.17, 15) is 13.2 Å². The molecule has 0 saturated carbocycles. The molecule has 0 radical (unpaired) electrons. The average Bonchev–Trinajstić information content (AvgIpc) is 3.04. The molecule has 0 spiro atoms. The van der Waals surface area contributed by atoms with Gasteiger partial charge >= 0.3 is 6.18 Å². The highest BCUT2D eigenvalue weighted by Crippen LogP contribution is 2.31. The van der Waals surface area contributed by atoms with Crippen LogP contribution in [-0.4, -0.2) is 11.2 Å². The van der Waals surface area contributed by atoms with Gasteiger partial charge in [0.25, 0.3) is 0 Å². The van der Waals surface area contributed by atoms with E-state index in [1.807, 2.05) is 29.6 Å². The predicted molar refractivity (Wildman–Crippen MR) is 97.9 cm³/mol. The molecule has 1 heterocycles. The standard InChI is InChI=1S/C17H11BrF3N3S/c18-13-7-5-11(6-8-13)15-10-25-16(23-15)24-22-9-12-3-1-2-4-14(12)17(19,20)21/h1-10H,(H,23,24)/b22-9-. The second-order valence-electron chi connectivity index (χ2n) is 5.00. The van der Waals surface area contributed by atoms with Gasteiger partial charge in [-0.3, -0.25) is 5.43 Å². The van der Waals surface area contributed by atoms with Crippen LogP contribution in [0.25, 0.3) is 11.3 Å². The van der Waals surface area contributed by atoms with Crippen LogP contribution in [0.2, 0.25) is 0 Å². The number of alkyl halides is 3. The van der Waals surface area contributed by atoms with E-state index < -0.39 is 11.7 Å². The van der Waals surface area contributed by atoms with Crippen LogP contribution >= 0.6 is 27.3 Å². The molecule has 0 unspecified atom stereocenters. The van der Waals surface area contributed by atoms with E-state index >= 15 is 0 Å². The monoisotopic (exact) mass is 425 g/mol. The molecule has 1 aromatic heterocycles. The summed E-state index contributed by atoms with van der Waals surface area (Å²) in [7, 11) is 0. The lowest BCUT2D eigenvalue weighted by Gasteiger charge is -2.08. The quantitative estimate of drug-likeness (QED) is 0.408. The molecule has 25 heavy (non-hydrogen) atoms. The van der Waals surface area contributed by atoms with Crippen LogP contribution < -0.4 is 5.43 Å². The Kier molecular flexibility index (Phi) is 5.19. The maximum atomic E-state index is 12.9. The van der Waals surface area contributed by atoms with E-state index in [1.165, 1.54) is 29.5 Å². The number of hydrogen-bond donors (Lipinski definition) is 1. The summed E-state index contributed by atoms with van der Waals surface area (Å²) in [5, 5.41) is 6.22. The normalized spacial score (nSPS) is 11.8. The fraction of sp³-hybridized carbons (Fsp3) is 0.0588. The molecule has 0 bridgehead atoms. The van der Waals surface area contributed by atoms with Crippen molar-refractivity contribution >= 4 is 38.6 Å². The number of hydrazone groups is 1. The SMILES string of the molecule is FC(F)(F)c1ccccc1/C=N\Nc1nc(-c2ccc(Br)cc2)cs1. The van der Waals surface area contributed by atoms with Gasteiger partial charge in [-0.2, -0.15) is 18.3 Å². The largest absolute Gasteiger partial charge is 0.417 e. The first-order valence-electron chi connectivity index (χ1n) is 7.10. The van der Waals surface area contributed by atoms with Crippen molar-refractivity contribution in [1.29, 1.82) is 0 Å². The van der Waals surface area contributed by atoms with Gasteiger partial charge in [0.1, 0.15) is 0 Å². The number of rotatable bonds is 4. The zero-order chi connectivity index (χ0) is 17.9. The lowest BCUT2D eigenvalue weighted by atomic mass is 10.1. The minimum Gasteiger partial charge on any atom is -0.253 e. The number of nitrogens with one attached hydrogen (secondary N) is 1. The fourth-order valence-electron chi connectivity index (χ4n) is 2.10. The third kappa shape index (κ3) is 4.46. The number of nitrogens with zero attached hydrogens (tertiary/aromatic N) is 2. The Morgan fingerprint density at radius 2 is 1.80 bits per heavy atom. The van der Waals surface area contributed by atoms with E-state index in [4.69, 9.17) is 0 Å². The highest BCUT2D eigenvalue weighted by Gasteiger charge is 2.32. The van der Waals surface area contributed by atoms with Crippen molar-refractivity contribution in [3.63, 3.8) is 0 Å². The van der Waals surface area contributed by atoms with Crippen molar-refractivity contribution in [2.24, 2.45) is 5.10 Å². The zero-order valence-electron chi connectivity index (χ0n) is 12.6. The lowest BCUT2D eigenvalue weighted by Crippen LogP contribution is -2.08. The predicted octanol–water partition coefficient (Wildman–Crippen LogP) is 6.04. The topological polar surface area (TPSA) is 37.3 Å². The van der Waals surface area contributed by atoms with Crippen LogP contribution in [0.4, 0.5) is 18.3 Å². The van der Waals surface area contributed by atoms with Crippen molar-refractivity contribution in [3.05, 3.63) is 69.5 Å². The lowest BCUT2D eigenvalue weighted by molar-refractivity contribution is -0.137. The Morgan fingerprint density at radius 3 is 2.52 bits per heavy atom. The molecular weight excluding hydrogens is 415 g/mol. The summed E-state index contributed by atoms with van der Waals surface area (Å²) in [5.74, 6) is 0. The van der Waals surface area contributed by atoms with E-state index in [1.54, 1.807) is 0 Å². The number of hydrogen-bond acceptors (Lipinski definition) is 4. The van der Waals surface area contributed by atoms with Crippen molar-refractivity contribution in [2.45, 2.75) is 6.18 Å². The van der Waals surface area contributed by atoms with E-state index in [2.05, 4.69) is 31.4 Å². The second kappa shape index (κ2) is 7.37. The molecule has 0 amide bonds. The van der Waals surface area contributed by atoms with Crippen molar-refractivity contribution < 1.29 is 13.2 Å². The maximum Gasteiger partial charge on any atom is 0.417 e. The summed E-state index contributed by atoms with van der Waals surface area (Å²) in [6.45, 7) is 0. The Hall–Kier alpha value is -2.19. The first kappa shape index (κ1) is 17.6. The molecule has 0 atom stereocenters. The Morgan fingerprint density at radius 1 is 1.08 bits per heavy atom. The van der Waals surface area contributed by atoms with Gasteiger partial charge < -0.3 is 0 Å².